The predicted molar refractivity (Wildman–Crippen MR) is 109 cm³/mol. The molecule has 0 aliphatic heterocycles. The number of allylic oxidation sites excluding steroid dienone is 1. The topological polar surface area (TPSA) is 75.7 Å². The minimum Gasteiger partial charge on any atom is -0.497 e. The van der Waals surface area contributed by atoms with E-state index in [1.54, 1.807) is 24.3 Å². The Balaban J connectivity index is 1.81. The van der Waals surface area contributed by atoms with Gasteiger partial charge in [0.15, 0.2) is 0 Å². The lowest BCUT2D eigenvalue weighted by Crippen LogP contribution is -2.32. The fourth-order valence-electron chi connectivity index (χ4n) is 3.22. The van der Waals surface area contributed by atoms with Gasteiger partial charge >= 0.3 is 0 Å². The summed E-state index contributed by atoms with van der Waals surface area (Å²) in [6.45, 7) is 0.904. The van der Waals surface area contributed by atoms with Crippen molar-refractivity contribution < 1.29 is 17.9 Å². The van der Waals surface area contributed by atoms with Crippen molar-refractivity contribution in [3.63, 3.8) is 0 Å². The van der Waals surface area contributed by atoms with Crippen LogP contribution in [0.25, 0.3) is 0 Å². The van der Waals surface area contributed by atoms with Gasteiger partial charge in [0.1, 0.15) is 5.75 Å². The number of nitrogens with zero attached hydrogens (tertiary/aromatic N) is 1. The van der Waals surface area contributed by atoms with Gasteiger partial charge in [0.25, 0.3) is 0 Å². The minimum absolute atomic E-state index is 0.0366. The lowest BCUT2D eigenvalue weighted by molar-refractivity contribution is -0.121. The Bertz CT molecular complexity index is 759. The molecule has 0 saturated carbocycles. The van der Waals surface area contributed by atoms with Crippen molar-refractivity contribution >= 4 is 21.6 Å². The van der Waals surface area contributed by atoms with Crippen LogP contribution >= 0.6 is 0 Å². The number of ether oxygens (including phenoxy) is 1. The number of amides is 1. The quantitative estimate of drug-likeness (QED) is 0.618. The number of hydrogen-bond donors (Lipinski definition) is 1. The molecule has 0 saturated heterocycles. The van der Waals surface area contributed by atoms with E-state index in [-0.39, 0.29) is 12.5 Å². The molecule has 27 heavy (non-hydrogen) atoms. The number of carbonyl (C=O) groups is 1. The molecule has 1 aromatic rings. The molecule has 0 spiro atoms. The molecule has 150 valence electrons. The van der Waals surface area contributed by atoms with Crippen molar-refractivity contribution in [1.29, 1.82) is 0 Å². The molecule has 0 aromatic heterocycles. The third kappa shape index (κ3) is 7.25. The average Bonchev–Trinajstić information content (AvgIpc) is 2.65. The van der Waals surface area contributed by atoms with Crippen molar-refractivity contribution in [2.24, 2.45) is 0 Å². The first-order valence-corrected chi connectivity index (χ1v) is 11.3. The van der Waals surface area contributed by atoms with Gasteiger partial charge in [-0.1, -0.05) is 17.7 Å². The van der Waals surface area contributed by atoms with Gasteiger partial charge in [0.05, 0.1) is 19.1 Å². The number of benzene rings is 1. The van der Waals surface area contributed by atoms with E-state index in [0.29, 0.717) is 30.8 Å². The van der Waals surface area contributed by atoms with E-state index in [1.807, 2.05) is 0 Å². The average molecular weight is 395 g/mol. The second-order valence-corrected chi connectivity index (χ2v) is 8.76. The van der Waals surface area contributed by atoms with Gasteiger partial charge in [-0.2, -0.15) is 0 Å². The molecule has 0 fully saturated rings. The smallest absolute Gasteiger partial charge is 0.232 e. The number of hydrogen-bond acceptors (Lipinski definition) is 4. The van der Waals surface area contributed by atoms with Crippen LogP contribution in [0.2, 0.25) is 0 Å². The Morgan fingerprint density at radius 2 is 2.11 bits per heavy atom. The molecule has 0 radical (unpaired) electrons. The van der Waals surface area contributed by atoms with Crippen molar-refractivity contribution in [2.45, 2.75) is 44.9 Å². The Morgan fingerprint density at radius 1 is 1.30 bits per heavy atom. The fourth-order valence-corrected chi connectivity index (χ4v) is 4.18. The van der Waals surface area contributed by atoms with E-state index in [4.69, 9.17) is 4.74 Å². The van der Waals surface area contributed by atoms with Crippen LogP contribution in [0.4, 0.5) is 5.69 Å². The monoisotopic (exact) mass is 394 g/mol. The van der Waals surface area contributed by atoms with Crippen molar-refractivity contribution in [3.05, 3.63) is 35.9 Å². The Labute approximate surface area is 162 Å². The zero-order valence-corrected chi connectivity index (χ0v) is 17.1. The van der Waals surface area contributed by atoms with E-state index in [1.165, 1.54) is 36.1 Å². The SMILES string of the molecule is COc1cccc(N(CCCC(=O)NCCC2=CCCCC2)S(C)(=O)=O)c1. The predicted octanol–water partition coefficient (Wildman–Crippen LogP) is 3.25. The molecule has 0 heterocycles. The molecule has 1 aliphatic rings. The van der Waals surface area contributed by atoms with Crippen LogP contribution in [0.15, 0.2) is 35.9 Å². The van der Waals surface area contributed by atoms with Crippen LogP contribution in [0.3, 0.4) is 0 Å². The molecule has 1 aromatic carbocycles. The van der Waals surface area contributed by atoms with Gasteiger partial charge in [-0.15, -0.1) is 0 Å². The molecule has 0 bridgehead atoms. The number of rotatable bonds is 10. The molecule has 1 aliphatic carbocycles. The normalized spacial score (nSPS) is 14.4. The zero-order chi connectivity index (χ0) is 19.7. The fraction of sp³-hybridized carbons (Fsp3) is 0.550. The summed E-state index contributed by atoms with van der Waals surface area (Å²) >= 11 is 0. The van der Waals surface area contributed by atoms with E-state index in [9.17, 15) is 13.2 Å². The van der Waals surface area contributed by atoms with Gasteiger partial charge in [0.2, 0.25) is 15.9 Å². The van der Waals surface area contributed by atoms with Crippen LogP contribution in [0.5, 0.6) is 5.75 Å². The van der Waals surface area contributed by atoms with Gasteiger partial charge in [-0.05, 0) is 50.7 Å². The highest BCUT2D eigenvalue weighted by molar-refractivity contribution is 7.92. The van der Waals surface area contributed by atoms with Gasteiger partial charge in [0, 0.05) is 25.6 Å². The number of methoxy groups -OCH3 is 1. The highest BCUT2D eigenvalue weighted by Gasteiger charge is 2.18. The van der Waals surface area contributed by atoms with Crippen LogP contribution in [0, 0.1) is 0 Å². The molecular formula is C20H30N2O4S. The third-order valence-electron chi connectivity index (χ3n) is 4.66. The van der Waals surface area contributed by atoms with E-state index in [0.717, 1.165) is 19.3 Å². The van der Waals surface area contributed by atoms with Crippen molar-refractivity contribution in [3.8, 4) is 5.75 Å². The first-order valence-electron chi connectivity index (χ1n) is 9.46. The largest absolute Gasteiger partial charge is 0.497 e. The molecule has 1 amide bonds. The summed E-state index contributed by atoms with van der Waals surface area (Å²) in [5, 5.41) is 2.93. The molecular weight excluding hydrogens is 364 g/mol. The number of carbonyl (C=O) groups excluding carboxylic acids is 1. The third-order valence-corrected chi connectivity index (χ3v) is 5.85. The summed E-state index contributed by atoms with van der Waals surface area (Å²) in [5.74, 6) is 0.557. The summed E-state index contributed by atoms with van der Waals surface area (Å²) in [4.78, 5) is 12.0. The first-order chi connectivity index (χ1) is 12.9. The van der Waals surface area contributed by atoms with Crippen LogP contribution in [-0.4, -0.2) is 40.8 Å². The molecule has 7 heteroatoms. The summed E-state index contributed by atoms with van der Waals surface area (Å²) in [5.41, 5.74) is 1.98. The standard InChI is InChI=1S/C20H30N2O4S/c1-26-19-11-6-10-18(16-19)22(27(2,24)25)15-7-12-20(23)21-14-13-17-8-4-3-5-9-17/h6,8,10-11,16H,3-5,7,9,12-15H2,1-2H3,(H,21,23). The highest BCUT2D eigenvalue weighted by Crippen LogP contribution is 2.23. The lowest BCUT2D eigenvalue weighted by atomic mass is 9.97. The van der Waals surface area contributed by atoms with Crippen LogP contribution in [-0.2, 0) is 14.8 Å². The minimum atomic E-state index is -3.43. The lowest BCUT2D eigenvalue weighted by Gasteiger charge is -2.22. The maximum atomic E-state index is 12.1. The molecule has 1 N–H and O–H groups in total. The Morgan fingerprint density at radius 3 is 2.78 bits per heavy atom. The molecule has 0 unspecified atom stereocenters. The second kappa shape index (κ2) is 10.3. The summed E-state index contributed by atoms with van der Waals surface area (Å²) < 4.78 is 30.7. The van der Waals surface area contributed by atoms with Gasteiger partial charge in [-0.25, -0.2) is 8.42 Å². The molecule has 6 nitrogen and oxygen atoms in total. The summed E-state index contributed by atoms with van der Waals surface area (Å²) in [7, 11) is -1.89. The van der Waals surface area contributed by atoms with Gasteiger partial charge in [-0.3, -0.25) is 9.10 Å². The zero-order valence-electron chi connectivity index (χ0n) is 16.2. The van der Waals surface area contributed by atoms with Gasteiger partial charge < -0.3 is 10.1 Å². The number of nitrogens with one attached hydrogen (secondary N) is 1. The van der Waals surface area contributed by atoms with E-state index >= 15 is 0 Å². The maximum absolute atomic E-state index is 12.1. The van der Waals surface area contributed by atoms with E-state index < -0.39 is 10.0 Å². The first kappa shape index (κ1) is 21.3. The Hall–Kier alpha value is -2.02. The molecule has 0 atom stereocenters. The summed E-state index contributed by atoms with van der Waals surface area (Å²) in [6, 6.07) is 6.92. The summed E-state index contributed by atoms with van der Waals surface area (Å²) in [6.07, 6.45) is 9.91. The second-order valence-electron chi connectivity index (χ2n) is 6.85. The maximum Gasteiger partial charge on any atom is 0.232 e. The van der Waals surface area contributed by atoms with Crippen LogP contribution < -0.4 is 14.4 Å². The van der Waals surface area contributed by atoms with Crippen molar-refractivity contribution in [2.75, 3.05) is 30.8 Å². The van der Waals surface area contributed by atoms with Crippen LogP contribution in [0.1, 0.15) is 44.9 Å². The number of sulfonamides is 1. The van der Waals surface area contributed by atoms with E-state index in [2.05, 4.69) is 11.4 Å². The Kier molecular flexibility index (Phi) is 8.16. The van der Waals surface area contributed by atoms with Crippen molar-refractivity contribution in [1.82, 2.24) is 5.32 Å². The highest BCUT2D eigenvalue weighted by atomic mass is 32.2. The molecule has 2 rings (SSSR count). The number of anilines is 1.